The molecule has 0 radical (unpaired) electrons. The third-order valence-corrected chi connectivity index (χ3v) is 6.51. The van der Waals surface area contributed by atoms with Crippen LogP contribution in [-0.2, 0) is 19.7 Å². The third-order valence-electron chi connectivity index (χ3n) is 6.27. The normalized spacial score (nSPS) is 26.8. The van der Waals surface area contributed by atoms with E-state index in [1.165, 1.54) is 6.42 Å². The van der Waals surface area contributed by atoms with Crippen molar-refractivity contribution in [2.45, 2.75) is 56.7 Å². The van der Waals surface area contributed by atoms with Gasteiger partial charge in [-0.2, -0.15) is 0 Å². The van der Waals surface area contributed by atoms with Gasteiger partial charge in [0.15, 0.2) is 6.29 Å². The van der Waals surface area contributed by atoms with Gasteiger partial charge >= 0.3 is 0 Å². The van der Waals surface area contributed by atoms with E-state index in [4.69, 9.17) is 21.1 Å². The van der Waals surface area contributed by atoms with Crippen molar-refractivity contribution >= 4 is 17.5 Å². The molecule has 0 N–H and O–H groups in total. The van der Waals surface area contributed by atoms with Gasteiger partial charge in [0, 0.05) is 24.0 Å². The average molecular weight is 378 g/mol. The number of nitrogens with zero attached hydrogens (tertiary/aromatic N) is 1. The van der Waals surface area contributed by atoms with Gasteiger partial charge in [-0.15, -0.1) is 0 Å². The largest absolute Gasteiger partial charge is 0.350 e. The summed E-state index contributed by atoms with van der Waals surface area (Å²) in [5, 5.41) is 0.713. The minimum Gasteiger partial charge on any atom is -0.350 e. The highest BCUT2D eigenvalue weighted by Crippen LogP contribution is 2.42. The molecule has 1 unspecified atom stereocenters. The third kappa shape index (κ3) is 3.51. The van der Waals surface area contributed by atoms with Gasteiger partial charge in [0.2, 0.25) is 5.91 Å². The van der Waals surface area contributed by atoms with E-state index < -0.39 is 5.41 Å². The molecule has 5 heteroatoms. The molecule has 26 heavy (non-hydrogen) atoms. The molecule has 1 aromatic carbocycles. The van der Waals surface area contributed by atoms with Gasteiger partial charge in [0.25, 0.3) is 0 Å². The maximum atomic E-state index is 13.7. The van der Waals surface area contributed by atoms with Crippen LogP contribution in [0.5, 0.6) is 0 Å². The Bertz CT molecular complexity index is 638. The Kier molecular flexibility index (Phi) is 5.53. The number of ether oxygens (including phenoxy) is 2. The Morgan fingerprint density at radius 2 is 1.88 bits per heavy atom. The van der Waals surface area contributed by atoms with Crippen LogP contribution in [0.3, 0.4) is 0 Å². The van der Waals surface area contributed by atoms with Crippen LogP contribution in [0, 0.1) is 5.92 Å². The first-order valence-electron chi connectivity index (χ1n) is 9.98. The Balaban J connectivity index is 1.58. The van der Waals surface area contributed by atoms with Crippen LogP contribution < -0.4 is 0 Å². The molecule has 2 aliphatic heterocycles. The zero-order valence-electron chi connectivity index (χ0n) is 15.3. The number of piperidine rings is 1. The highest BCUT2D eigenvalue weighted by molar-refractivity contribution is 6.30. The summed E-state index contributed by atoms with van der Waals surface area (Å²) in [4.78, 5) is 15.8. The van der Waals surface area contributed by atoms with Crippen molar-refractivity contribution in [2.24, 2.45) is 5.92 Å². The first-order chi connectivity index (χ1) is 12.7. The summed E-state index contributed by atoms with van der Waals surface area (Å²) in [6.45, 7) is 2.92. The summed E-state index contributed by atoms with van der Waals surface area (Å²) in [6.07, 6.45) is 7.20. The highest BCUT2D eigenvalue weighted by Gasteiger charge is 2.45. The number of carbonyl (C=O) groups excluding carboxylic acids is 1. The van der Waals surface area contributed by atoms with E-state index in [1.54, 1.807) is 0 Å². The maximum absolute atomic E-state index is 13.7. The average Bonchev–Trinajstić information content (AvgIpc) is 3.23. The van der Waals surface area contributed by atoms with Crippen LogP contribution in [0.2, 0.25) is 5.02 Å². The number of hydrogen-bond acceptors (Lipinski definition) is 3. The van der Waals surface area contributed by atoms with Crippen molar-refractivity contribution in [1.29, 1.82) is 0 Å². The van der Waals surface area contributed by atoms with E-state index in [1.807, 2.05) is 18.2 Å². The Hall–Kier alpha value is -1.10. The predicted octanol–water partition coefficient (Wildman–Crippen LogP) is 4.15. The fraction of sp³-hybridized carbons (Fsp3) is 0.667. The van der Waals surface area contributed by atoms with Crippen LogP contribution in [0.1, 0.15) is 50.5 Å². The molecular weight excluding hydrogens is 350 g/mol. The molecular formula is C21H28ClNO3. The van der Waals surface area contributed by atoms with Gasteiger partial charge in [-0.05, 0) is 43.4 Å². The number of halogens is 1. The molecule has 1 amide bonds. The standard InChI is InChI=1S/C21H28ClNO3/c22-18-8-4-7-17(14-18)21(9-2-1-3-10-21)20(24)23-11-5-6-16(15-23)19-25-12-13-26-19/h4,7-8,14,16,19H,1-3,5-6,9-13,15H2. The van der Waals surface area contributed by atoms with E-state index >= 15 is 0 Å². The van der Waals surface area contributed by atoms with Crippen LogP contribution in [0.25, 0.3) is 0 Å². The van der Waals surface area contributed by atoms with E-state index in [9.17, 15) is 4.79 Å². The van der Waals surface area contributed by atoms with Crippen molar-refractivity contribution in [1.82, 2.24) is 4.90 Å². The van der Waals surface area contributed by atoms with Crippen LogP contribution in [0.15, 0.2) is 24.3 Å². The molecule has 0 bridgehead atoms. The molecule has 1 aliphatic carbocycles. The Morgan fingerprint density at radius 1 is 1.12 bits per heavy atom. The molecule has 2 heterocycles. The lowest BCUT2D eigenvalue weighted by atomic mass is 9.68. The molecule has 1 saturated carbocycles. The van der Waals surface area contributed by atoms with Crippen molar-refractivity contribution in [3.63, 3.8) is 0 Å². The summed E-state index contributed by atoms with van der Waals surface area (Å²) < 4.78 is 11.4. The summed E-state index contributed by atoms with van der Waals surface area (Å²) in [6, 6.07) is 7.94. The van der Waals surface area contributed by atoms with Gasteiger partial charge in [0.1, 0.15) is 0 Å². The van der Waals surface area contributed by atoms with E-state index in [-0.39, 0.29) is 18.1 Å². The second-order valence-corrected chi connectivity index (χ2v) is 8.35. The lowest BCUT2D eigenvalue weighted by molar-refractivity contribution is -0.146. The lowest BCUT2D eigenvalue weighted by Crippen LogP contribution is -2.52. The van der Waals surface area contributed by atoms with Gasteiger partial charge in [-0.25, -0.2) is 0 Å². The maximum Gasteiger partial charge on any atom is 0.233 e. The second-order valence-electron chi connectivity index (χ2n) is 7.92. The SMILES string of the molecule is O=C(N1CCCC(C2OCCO2)C1)C1(c2cccc(Cl)c2)CCCCC1. The van der Waals surface area contributed by atoms with Crippen LogP contribution in [-0.4, -0.2) is 43.4 Å². The first kappa shape index (κ1) is 18.3. The number of hydrogen-bond donors (Lipinski definition) is 0. The molecule has 1 aromatic rings. The van der Waals surface area contributed by atoms with Gasteiger partial charge in [0.05, 0.1) is 18.6 Å². The summed E-state index contributed by atoms with van der Waals surface area (Å²) in [5.74, 6) is 0.567. The van der Waals surface area contributed by atoms with Crippen molar-refractivity contribution in [3.8, 4) is 0 Å². The zero-order chi connectivity index (χ0) is 18.0. The van der Waals surface area contributed by atoms with E-state index in [0.717, 1.165) is 57.2 Å². The molecule has 4 nitrogen and oxygen atoms in total. The molecule has 0 spiro atoms. The van der Waals surface area contributed by atoms with E-state index in [2.05, 4.69) is 11.0 Å². The van der Waals surface area contributed by atoms with Crippen LogP contribution >= 0.6 is 11.6 Å². The number of benzene rings is 1. The molecule has 0 aromatic heterocycles. The monoisotopic (exact) mass is 377 g/mol. The Morgan fingerprint density at radius 3 is 2.62 bits per heavy atom. The Labute approximate surface area is 160 Å². The molecule has 3 fully saturated rings. The van der Waals surface area contributed by atoms with E-state index in [0.29, 0.717) is 18.2 Å². The lowest BCUT2D eigenvalue weighted by Gasteiger charge is -2.43. The predicted molar refractivity (Wildman–Crippen MR) is 101 cm³/mol. The first-order valence-corrected chi connectivity index (χ1v) is 10.4. The number of amides is 1. The fourth-order valence-corrected chi connectivity index (χ4v) is 5.13. The van der Waals surface area contributed by atoms with Gasteiger partial charge < -0.3 is 14.4 Å². The summed E-state index contributed by atoms with van der Waals surface area (Å²) in [5.41, 5.74) is 0.674. The van der Waals surface area contributed by atoms with Gasteiger partial charge in [-0.1, -0.05) is 43.0 Å². The minimum atomic E-state index is -0.414. The van der Waals surface area contributed by atoms with Gasteiger partial charge in [-0.3, -0.25) is 4.79 Å². The highest BCUT2D eigenvalue weighted by atomic mass is 35.5. The topological polar surface area (TPSA) is 38.8 Å². The zero-order valence-corrected chi connectivity index (χ0v) is 16.0. The molecule has 4 rings (SSSR count). The molecule has 2 saturated heterocycles. The summed E-state index contributed by atoms with van der Waals surface area (Å²) >= 11 is 6.27. The van der Waals surface area contributed by atoms with Crippen molar-refractivity contribution in [3.05, 3.63) is 34.9 Å². The van der Waals surface area contributed by atoms with Crippen molar-refractivity contribution in [2.75, 3.05) is 26.3 Å². The minimum absolute atomic E-state index is 0.140. The molecule has 1 atom stereocenters. The number of likely N-dealkylation sites (tertiary alicyclic amines) is 1. The fourth-order valence-electron chi connectivity index (χ4n) is 4.94. The molecule has 142 valence electrons. The second kappa shape index (κ2) is 7.87. The van der Waals surface area contributed by atoms with Crippen LogP contribution in [0.4, 0.5) is 0 Å². The number of carbonyl (C=O) groups is 1. The smallest absolute Gasteiger partial charge is 0.233 e. The quantitative estimate of drug-likeness (QED) is 0.794. The van der Waals surface area contributed by atoms with Crippen molar-refractivity contribution < 1.29 is 14.3 Å². The number of rotatable bonds is 3. The summed E-state index contributed by atoms with van der Waals surface area (Å²) in [7, 11) is 0. The molecule has 3 aliphatic rings.